The lowest BCUT2D eigenvalue weighted by Crippen LogP contribution is -2.27. The first-order chi connectivity index (χ1) is 9.20. The number of hydrogen-bond acceptors (Lipinski definition) is 6. The maximum Gasteiger partial charge on any atom is 0.282 e. The molecule has 0 bridgehead atoms. The van der Waals surface area contributed by atoms with Crippen molar-refractivity contribution in [3.63, 3.8) is 0 Å². The number of aromatic nitrogens is 4. The van der Waals surface area contributed by atoms with Crippen molar-refractivity contribution in [3.8, 4) is 0 Å². The third-order valence-corrected chi connectivity index (χ3v) is 3.30. The van der Waals surface area contributed by atoms with E-state index >= 15 is 0 Å². The number of rotatable bonds is 6. The van der Waals surface area contributed by atoms with Gasteiger partial charge in [-0.2, -0.15) is 0 Å². The standard InChI is InChI=1S/C11H16N6OS/c1-3-4-14-11-17-16-10(19-11)9(18)15-7(2)8-12-5-6-13-8/h5-7H,3-4H2,1-2H3,(H,12,13)(H,14,17)(H,15,18). The zero-order valence-corrected chi connectivity index (χ0v) is 11.6. The molecule has 1 amide bonds. The van der Waals surface area contributed by atoms with Gasteiger partial charge in [-0.1, -0.05) is 18.3 Å². The van der Waals surface area contributed by atoms with Gasteiger partial charge in [0.05, 0.1) is 6.04 Å². The van der Waals surface area contributed by atoms with Crippen LogP contribution in [0.25, 0.3) is 0 Å². The minimum atomic E-state index is -0.244. The van der Waals surface area contributed by atoms with Crippen molar-refractivity contribution in [2.75, 3.05) is 11.9 Å². The summed E-state index contributed by atoms with van der Waals surface area (Å²) in [6.07, 6.45) is 4.36. The van der Waals surface area contributed by atoms with Gasteiger partial charge in [0.15, 0.2) is 0 Å². The molecule has 2 rings (SSSR count). The molecule has 1 atom stereocenters. The second-order valence-electron chi connectivity index (χ2n) is 4.01. The van der Waals surface area contributed by atoms with Gasteiger partial charge in [-0.25, -0.2) is 4.98 Å². The van der Waals surface area contributed by atoms with Crippen LogP contribution >= 0.6 is 11.3 Å². The van der Waals surface area contributed by atoms with Crippen LogP contribution < -0.4 is 10.6 Å². The highest BCUT2D eigenvalue weighted by Gasteiger charge is 2.16. The average molecular weight is 280 g/mol. The number of imidazole rings is 1. The highest BCUT2D eigenvalue weighted by Crippen LogP contribution is 2.16. The molecule has 0 saturated carbocycles. The van der Waals surface area contributed by atoms with Crippen LogP contribution in [0.3, 0.4) is 0 Å². The molecule has 1 unspecified atom stereocenters. The fourth-order valence-corrected chi connectivity index (χ4v) is 2.13. The Hall–Kier alpha value is -1.96. The smallest absolute Gasteiger partial charge is 0.282 e. The molecule has 0 aliphatic rings. The van der Waals surface area contributed by atoms with Gasteiger partial charge in [0.1, 0.15) is 5.82 Å². The average Bonchev–Trinajstić information content (AvgIpc) is 3.07. The predicted molar refractivity (Wildman–Crippen MR) is 73.2 cm³/mol. The Morgan fingerprint density at radius 1 is 1.53 bits per heavy atom. The van der Waals surface area contributed by atoms with E-state index in [0.29, 0.717) is 16.0 Å². The first-order valence-corrected chi connectivity index (χ1v) is 6.90. The summed E-state index contributed by atoms with van der Waals surface area (Å²) in [5, 5.41) is 14.7. The zero-order chi connectivity index (χ0) is 13.7. The first kappa shape index (κ1) is 13.5. The molecule has 0 aliphatic carbocycles. The van der Waals surface area contributed by atoms with E-state index in [1.54, 1.807) is 12.4 Å². The molecular formula is C11H16N6OS. The van der Waals surface area contributed by atoms with Crippen molar-refractivity contribution in [2.45, 2.75) is 26.3 Å². The minimum absolute atomic E-state index is 0.196. The molecule has 7 nitrogen and oxygen atoms in total. The molecule has 2 aromatic rings. The third-order valence-electron chi connectivity index (χ3n) is 2.42. The van der Waals surface area contributed by atoms with Crippen LogP contribution in [0, 0.1) is 0 Å². The Kier molecular flexibility index (Phi) is 4.45. The second-order valence-corrected chi connectivity index (χ2v) is 4.99. The number of carbonyl (C=O) groups excluding carboxylic acids is 1. The van der Waals surface area contributed by atoms with E-state index in [1.807, 2.05) is 6.92 Å². The first-order valence-electron chi connectivity index (χ1n) is 6.08. The Bertz CT molecular complexity index is 523. The lowest BCUT2D eigenvalue weighted by Gasteiger charge is -2.09. The Labute approximate surface area is 114 Å². The third kappa shape index (κ3) is 3.50. The van der Waals surface area contributed by atoms with Crippen LogP contribution in [0.5, 0.6) is 0 Å². The zero-order valence-electron chi connectivity index (χ0n) is 10.8. The van der Waals surface area contributed by atoms with Gasteiger partial charge < -0.3 is 15.6 Å². The van der Waals surface area contributed by atoms with Crippen molar-refractivity contribution in [1.29, 1.82) is 0 Å². The maximum atomic E-state index is 12.0. The summed E-state index contributed by atoms with van der Waals surface area (Å²) < 4.78 is 0. The van der Waals surface area contributed by atoms with Gasteiger partial charge in [-0.3, -0.25) is 4.79 Å². The molecular weight excluding hydrogens is 264 g/mol. The largest absolute Gasteiger partial charge is 0.360 e. The van der Waals surface area contributed by atoms with Crippen LogP contribution in [0.4, 0.5) is 5.13 Å². The van der Waals surface area contributed by atoms with Crippen molar-refractivity contribution in [1.82, 2.24) is 25.5 Å². The minimum Gasteiger partial charge on any atom is -0.360 e. The second kappa shape index (κ2) is 6.28. The van der Waals surface area contributed by atoms with E-state index in [9.17, 15) is 4.79 Å². The van der Waals surface area contributed by atoms with Crippen LogP contribution in [-0.2, 0) is 0 Å². The number of aromatic amines is 1. The lowest BCUT2D eigenvalue weighted by molar-refractivity contribution is 0.0937. The van der Waals surface area contributed by atoms with E-state index in [1.165, 1.54) is 11.3 Å². The number of hydrogen-bond donors (Lipinski definition) is 3. The number of carbonyl (C=O) groups is 1. The van der Waals surface area contributed by atoms with Gasteiger partial charge >= 0.3 is 0 Å². The number of nitrogens with one attached hydrogen (secondary N) is 3. The summed E-state index contributed by atoms with van der Waals surface area (Å²) in [6.45, 7) is 4.74. The van der Waals surface area contributed by atoms with Gasteiger partial charge in [0.25, 0.3) is 5.91 Å². The van der Waals surface area contributed by atoms with Gasteiger partial charge in [0.2, 0.25) is 10.1 Å². The van der Waals surface area contributed by atoms with Gasteiger partial charge in [-0.05, 0) is 13.3 Å². The summed E-state index contributed by atoms with van der Waals surface area (Å²) in [6, 6.07) is -0.196. The molecule has 0 radical (unpaired) electrons. The van der Waals surface area contributed by atoms with Crippen molar-refractivity contribution >= 4 is 22.4 Å². The fraction of sp³-hybridized carbons (Fsp3) is 0.455. The highest BCUT2D eigenvalue weighted by molar-refractivity contribution is 7.17. The number of anilines is 1. The molecule has 0 saturated heterocycles. The van der Waals surface area contributed by atoms with Crippen LogP contribution in [0.15, 0.2) is 12.4 Å². The summed E-state index contributed by atoms with van der Waals surface area (Å²) in [5.41, 5.74) is 0. The van der Waals surface area contributed by atoms with Crippen LogP contribution in [0.2, 0.25) is 0 Å². The van der Waals surface area contributed by atoms with E-state index in [-0.39, 0.29) is 11.9 Å². The molecule has 102 valence electrons. The van der Waals surface area contributed by atoms with E-state index in [4.69, 9.17) is 0 Å². The Balaban J connectivity index is 1.94. The van der Waals surface area contributed by atoms with E-state index in [2.05, 4.69) is 37.7 Å². The number of H-pyrrole nitrogens is 1. The van der Waals surface area contributed by atoms with Gasteiger partial charge in [-0.15, -0.1) is 10.2 Å². The highest BCUT2D eigenvalue weighted by atomic mass is 32.1. The molecule has 0 aromatic carbocycles. The molecule has 3 N–H and O–H groups in total. The monoisotopic (exact) mass is 280 g/mol. The number of nitrogens with zero attached hydrogens (tertiary/aromatic N) is 3. The number of amides is 1. The molecule has 19 heavy (non-hydrogen) atoms. The molecule has 0 fully saturated rings. The summed E-state index contributed by atoms with van der Waals surface area (Å²) in [5.74, 6) is 0.466. The molecule has 2 aromatic heterocycles. The Morgan fingerprint density at radius 2 is 2.37 bits per heavy atom. The normalized spacial score (nSPS) is 12.1. The van der Waals surface area contributed by atoms with Crippen molar-refractivity contribution < 1.29 is 4.79 Å². The topological polar surface area (TPSA) is 95.6 Å². The molecule has 0 aliphatic heterocycles. The van der Waals surface area contributed by atoms with E-state index in [0.717, 1.165) is 13.0 Å². The van der Waals surface area contributed by atoms with Crippen molar-refractivity contribution in [2.24, 2.45) is 0 Å². The Morgan fingerprint density at radius 3 is 3.05 bits per heavy atom. The van der Waals surface area contributed by atoms with E-state index < -0.39 is 0 Å². The van der Waals surface area contributed by atoms with Crippen LogP contribution in [0.1, 0.15) is 41.9 Å². The van der Waals surface area contributed by atoms with Crippen LogP contribution in [-0.4, -0.2) is 32.6 Å². The lowest BCUT2D eigenvalue weighted by atomic mass is 10.3. The predicted octanol–water partition coefficient (Wildman–Crippen LogP) is 1.57. The maximum absolute atomic E-state index is 12.0. The summed E-state index contributed by atoms with van der Waals surface area (Å²) in [4.78, 5) is 19.0. The van der Waals surface area contributed by atoms with Gasteiger partial charge in [0, 0.05) is 18.9 Å². The molecule has 8 heteroatoms. The quantitative estimate of drug-likeness (QED) is 0.746. The summed E-state index contributed by atoms with van der Waals surface area (Å²) >= 11 is 1.24. The summed E-state index contributed by atoms with van der Waals surface area (Å²) in [7, 11) is 0. The fourth-order valence-electron chi connectivity index (χ4n) is 1.46. The molecule has 0 spiro atoms. The molecule has 2 heterocycles. The van der Waals surface area contributed by atoms with Crippen molar-refractivity contribution in [3.05, 3.63) is 23.2 Å². The SMILES string of the molecule is CCCNc1nnc(C(=O)NC(C)c2ncc[nH]2)s1.